The maximum absolute atomic E-state index is 13.6. The molecular weight excluding hydrogens is 300 g/mol. The quantitative estimate of drug-likeness (QED) is 0.856. The summed E-state index contributed by atoms with van der Waals surface area (Å²) in [6.07, 6.45) is 15.8. The van der Waals surface area contributed by atoms with Crippen LogP contribution in [0.15, 0.2) is 18.6 Å². The Morgan fingerprint density at radius 3 is 2.50 bits per heavy atom. The first-order chi connectivity index (χ1) is 11.8. The van der Waals surface area contributed by atoms with Crippen molar-refractivity contribution >= 4 is 5.91 Å². The Hall–Kier alpha value is -1.49. The molecule has 0 N–H and O–H groups in total. The van der Waals surface area contributed by atoms with E-state index in [1.807, 2.05) is 6.20 Å². The van der Waals surface area contributed by atoms with Crippen molar-refractivity contribution in [2.45, 2.75) is 69.4 Å². The number of carbonyl (C=O) groups excluding carboxylic acids is 1. The average Bonchev–Trinajstić information content (AvgIpc) is 3.33. The number of aromatic nitrogens is 2. The lowest BCUT2D eigenvalue weighted by atomic mass is 9.86. The number of nitrogens with zero attached hydrogens (tertiary/aromatic N) is 4. The zero-order valence-electron chi connectivity index (χ0n) is 14.5. The molecule has 0 aromatic carbocycles. The second-order valence-corrected chi connectivity index (χ2v) is 7.54. The molecule has 1 aliphatic carbocycles. The summed E-state index contributed by atoms with van der Waals surface area (Å²) in [4.78, 5) is 27.2. The topological polar surface area (TPSA) is 49.3 Å². The lowest BCUT2D eigenvalue weighted by Crippen LogP contribution is -2.57. The van der Waals surface area contributed by atoms with Crippen LogP contribution in [0.25, 0.3) is 0 Å². The summed E-state index contributed by atoms with van der Waals surface area (Å²) in [6, 6.07) is 0.523. The largest absolute Gasteiger partial charge is 0.341 e. The fourth-order valence-corrected chi connectivity index (χ4v) is 5.04. The summed E-state index contributed by atoms with van der Waals surface area (Å²) < 4.78 is 0. The highest BCUT2D eigenvalue weighted by atomic mass is 16.2. The van der Waals surface area contributed by atoms with Crippen molar-refractivity contribution in [3.8, 4) is 0 Å². The molecule has 5 nitrogen and oxygen atoms in total. The van der Waals surface area contributed by atoms with Crippen molar-refractivity contribution < 1.29 is 4.79 Å². The molecule has 1 amide bonds. The molecule has 2 saturated heterocycles. The van der Waals surface area contributed by atoms with Crippen molar-refractivity contribution in [2.24, 2.45) is 0 Å². The predicted octanol–water partition coefficient (Wildman–Crippen LogP) is 2.72. The monoisotopic (exact) mass is 328 g/mol. The van der Waals surface area contributed by atoms with Crippen LogP contribution in [-0.2, 0) is 10.3 Å². The number of amides is 1. The van der Waals surface area contributed by atoms with Gasteiger partial charge in [-0.2, -0.15) is 0 Å². The van der Waals surface area contributed by atoms with Gasteiger partial charge < -0.3 is 4.90 Å². The third kappa shape index (κ3) is 2.63. The molecule has 0 unspecified atom stereocenters. The zero-order valence-corrected chi connectivity index (χ0v) is 14.5. The number of likely N-dealkylation sites (tertiary alicyclic amines) is 2. The third-order valence-corrected chi connectivity index (χ3v) is 6.18. The highest BCUT2D eigenvalue weighted by molar-refractivity contribution is 5.88. The second kappa shape index (κ2) is 6.79. The van der Waals surface area contributed by atoms with Gasteiger partial charge in [0.1, 0.15) is 5.54 Å². The summed E-state index contributed by atoms with van der Waals surface area (Å²) >= 11 is 0. The first-order valence-electron chi connectivity index (χ1n) is 9.65. The summed E-state index contributed by atoms with van der Waals surface area (Å²) in [5, 5.41) is 0. The van der Waals surface area contributed by atoms with E-state index in [0.29, 0.717) is 6.04 Å². The van der Waals surface area contributed by atoms with Crippen LogP contribution in [0.5, 0.6) is 0 Å². The first-order valence-corrected chi connectivity index (χ1v) is 9.65. The van der Waals surface area contributed by atoms with Gasteiger partial charge in [0.25, 0.3) is 0 Å². The number of hydrogen-bond donors (Lipinski definition) is 0. The van der Waals surface area contributed by atoms with E-state index in [-0.39, 0.29) is 5.91 Å². The van der Waals surface area contributed by atoms with Crippen LogP contribution in [-0.4, -0.2) is 51.4 Å². The molecule has 3 aliphatic rings. The minimum absolute atomic E-state index is 0.281. The Kier molecular flexibility index (Phi) is 4.53. The van der Waals surface area contributed by atoms with Gasteiger partial charge in [-0.25, -0.2) is 0 Å². The van der Waals surface area contributed by atoms with Gasteiger partial charge in [-0.1, -0.05) is 19.3 Å². The van der Waals surface area contributed by atoms with E-state index in [1.54, 1.807) is 12.4 Å². The summed E-state index contributed by atoms with van der Waals surface area (Å²) in [7, 11) is 0. The lowest BCUT2D eigenvalue weighted by molar-refractivity contribution is -0.145. The van der Waals surface area contributed by atoms with Crippen molar-refractivity contribution in [1.29, 1.82) is 0 Å². The molecule has 5 heteroatoms. The first kappa shape index (κ1) is 16.0. The van der Waals surface area contributed by atoms with Crippen molar-refractivity contribution in [1.82, 2.24) is 19.8 Å². The molecule has 24 heavy (non-hydrogen) atoms. The molecule has 2 aliphatic heterocycles. The minimum atomic E-state index is -0.569. The molecular formula is C19H28N4O. The molecule has 3 fully saturated rings. The Bertz CT molecular complexity index is 566. The molecule has 1 saturated carbocycles. The van der Waals surface area contributed by atoms with Gasteiger partial charge in [-0.3, -0.25) is 19.7 Å². The second-order valence-electron chi connectivity index (χ2n) is 7.54. The van der Waals surface area contributed by atoms with Gasteiger partial charge >= 0.3 is 0 Å². The summed E-state index contributed by atoms with van der Waals surface area (Å²) in [5.74, 6) is 0.281. The molecule has 1 aromatic rings. The molecule has 0 radical (unpaired) electrons. The maximum atomic E-state index is 13.6. The molecule has 1 atom stereocenters. The fraction of sp³-hybridized carbons (Fsp3) is 0.737. The van der Waals surface area contributed by atoms with Crippen LogP contribution in [0, 0.1) is 0 Å². The SMILES string of the molecule is O=C(N1CCCC1)[C@@]1(c2cnccn2)CCCN1C1CCCCC1. The molecule has 1 aromatic heterocycles. The van der Waals surface area contributed by atoms with Gasteiger partial charge in [-0.05, 0) is 45.1 Å². The summed E-state index contributed by atoms with van der Waals surface area (Å²) in [6.45, 7) is 2.82. The van der Waals surface area contributed by atoms with Crippen LogP contribution in [0.2, 0.25) is 0 Å². The van der Waals surface area contributed by atoms with Crippen LogP contribution < -0.4 is 0 Å². The van der Waals surface area contributed by atoms with E-state index in [9.17, 15) is 4.79 Å². The van der Waals surface area contributed by atoms with Crippen molar-refractivity contribution in [3.05, 3.63) is 24.3 Å². The number of carbonyl (C=O) groups is 1. The third-order valence-electron chi connectivity index (χ3n) is 6.18. The van der Waals surface area contributed by atoms with E-state index in [1.165, 1.54) is 32.1 Å². The summed E-state index contributed by atoms with van der Waals surface area (Å²) in [5.41, 5.74) is 0.297. The van der Waals surface area contributed by atoms with Crippen LogP contribution in [0.1, 0.15) is 63.5 Å². The highest BCUT2D eigenvalue weighted by Gasteiger charge is 2.54. The Labute approximate surface area is 144 Å². The van der Waals surface area contributed by atoms with Crippen molar-refractivity contribution in [3.63, 3.8) is 0 Å². The van der Waals surface area contributed by atoms with Crippen molar-refractivity contribution in [2.75, 3.05) is 19.6 Å². The normalized spacial score (nSPS) is 29.2. The Balaban J connectivity index is 1.73. The van der Waals surface area contributed by atoms with E-state index < -0.39 is 5.54 Å². The maximum Gasteiger partial charge on any atom is 0.249 e. The van der Waals surface area contributed by atoms with Gasteiger partial charge in [-0.15, -0.1) is 0 Å². The predicted molar refractivity (Wildman–Crippen MR) is 92.3 cm³/mol. The standard InChI is InChI=1S/C19H28N4O/c24-18(22-12-4-5-13-22)19(17-15-20-10-11-21-17)9-6-14-23(19)16-7-2-1-3-8-16/h10-11,15-16H,1-9,12-14H2/t19-/m0/s1. The number of rotatable bonds is 3. The Morgan fingerprint density at radius 1 is 1.00 bits per heavy atom. The Morgan fingerprint density at radius 2 is 1.79 bits per heavy atom. The molecule has 130 valence electrons. The van der Waals surface area contributed by atoms with Gasteiger partial charge in [0.05, 0.1) is 11.9 Å². The van der Waals surface area contributed by atoms with E-state index >= 15 is 0 Å². The fourth-order valence-electron chi connectivity index (χ4n) is 5.04. The highest BCUT2D eigenvalue weighted by Crippen LogP contribution is 2.43. The van der Waals surface area contributed by atoms with Crippen LogP contribution in [0.4, 0.5) is 0 Å². The van der Waals surface area contributed by atoms with E-state index in [4.69, 9.17) is 0 Å². The zero-order chi connectivity index (χ0) is 16.4. The minimum Gasteiger partial charge on any atom is -0.341 e. The average molecular weight is 328 g/mol. The van der Waals surface area contributed by atoms with Crippen LogP contribution >= 0.6 is 0 Å². The van der Waals surface area contributed by atoms with Crippen LogP contribution in [0.3, 0.4) is 0 Å². The van der Waals surface area contributed by atoms with Gasteiger partial charge in [0.15, 0.2) is 0 Å². The van der Waals surface area contributed by atoms with Gasteiger partial charge in [0, 0.05) is 31.5 Å². The van der Waals surface area contributed by atoms with E-state index in [2.05, 4.69) is 19.8 Å². The molecule has 3 heterocycles. The van der Waals surface area contributed by atoms with E-state index in [0.717, 1.165) is 51.0 Å². The smallest absolute Gasteiger partial charge is 0.249 e. The molecule has 4 rings (SSSR count). The van der Waals surface area contributed by atoms with Gasteiger partial charge in [0.2, 0.25) is 5.91 Å². The lowest BCUT2D eigenvalue weighted by Gasteiger charge is -2.44. The molecule has 0 spiro atoms. The number of hydrogen-bond acceptors (Lipinski definition) is 4. The molecule has 0 bridgehead atoms.